The van der Waals surface area contributed by atoms with Gasteiger partial charge < -0.3 is 10.2 Å². The number of hydrogen-bond donors (Lipinski definition) is 2. The lowest BCUT2D eigenvalue weighted by Gasteiger charge is -2.32. The number of unbranched alkanes of at least 4 members (excludes halogenated alkanes) is 1. The van der Waals surface area contributed by atoms with Gasteiger partial charge >= 0.3 is 11.9 Å². The predicted molar refractivity (Wildman–Crippen MR) is 95.8 cm³/mol. The molecule has 4 heteroatoms. The van der Waals surface area contributed by atoms with Crippen molar-refractivity contribution in [1.29, 1.82) is 0 Å². The van der Waals surface area contributed by atoms with Crippen molar-refractivity contribution in [2.75, 3.05) is 0 Å². The minimum Gasteiger partial charge on any atom is -0.478 e. The van der Waals surface area contributed by atoms with E-state index in [-0.39, 0.29) is 16.5 Å². The van der Waals surface area contributed by atoms with Gasteiger partial charge in [0.05, 0.1) is 11.1 Å². The molecule has 0 aliphatic rings. The van der Waals surface area contributed by atoms with Crippen LogP contribution in [0.3, 0.4) is 0 Å². The molecular weight excluding hydrogens is 304 g/mol. The Bertz CT molecular complexity index is 575. The summed E-state index contributed by atoms with van der Waals surface area (Å²) in [6.45, 7) is 9.03. The molecule has 0 spiro atoms. The number of aromatic carboxylic acids is 2. The molecule has 2 N–H and O–H groups in total. The number of carboxylic acids is 2. The van der Waals surface area contributed by atoms with Gasteiger partial charge in [-0.1, -0.05) is 40.5 Å². The Kier molecular flexibility index (Phi) is 7.46. The van der Waals surface area contributed by atoms with Crippen molar-refractivity contribution >= 4 is 11.9 Å². The SMILES string of the molecule is CCCCC(C)(C)C(C)CCCc1cc(C(=O)O)ccc1C(=O)O. The third-order valence-electron chi connectivity index (χ3n) is 5.17. The zero-order chi connectivity index (χ0) is 18.3. The molecule has 0 saturated carbocycles. The zero-order valence-corrected chi connectivity index (χ0v) is 15.3. The number of carboxylic acid groups (broad SMARTS) is 2. The topological polar surface area (TPSA) is 74.6 Å². The van der Waals surface area contributed by atoms with Gasteiger partial charge in [-0.3, -0.25) is 0 Å². The van der Waals surface area contributed by atoms with Gasteiger partial charge in [0.2, 0.25) is 0 Å². The second-order valence-electron chi connectivity index (χ2n) is 7.37. The molecule has 1 atom stereocenters. The Hall–Kier alpha value is -1.84. The number of carbonyl (C=O) groups is 2. The molecule has 134 valence electrons. The third kappa shape index (κ3) is 5.66. The highest BCUT2D eigenvalue weighted by Gasteiger charge is 2.24. The normalized spacial score (nSPS) is 12.8. The first kappa shape index (κ1) is 20.2. The molecule has 0 saturated heterocycles. The van der Waals surface area contributed by atoms with Crippen molar-refractivity contribution in [1.82, 2.24) is 0 Å². The van der Waals surface area contributed by atoms with E-state index in [4.69, 9.17) is 5.11 Å². The maximum Gasteiger partial charge on any atom is 0.335 e. The van der Waals surface area contributed by atoms with Crippen LogP contribution in [0.15, 0.2) is 18.2 Å². The quantitative estimate of drug-likeness (QED) is 0.612. The lowest BCUT2D eigenvalue weighted by Crippen LogP contribution is -2.21. The van der Waals surface area contributed by atoms with Crippen LogP contribution >= 0.6 is 0 Å². The molecule has 0 radical (unpaired) electrons. The largest absolute Gasteiger partial charge is 0.478 e. The van der Waals surface area contributed by atoms with Crippen molar-refractivity contribution in [3.63, 3.8) is 0 Å². The maximum absolute atomic E-state index is 11.3. The lowest BCUT2D eigenvalue weighted by molar-refractivity contribution is 0.0680. The molecule has 0 bridgehead atoms. The van der Waals surface area contributed by atoms with Gasteiger partial charge in [0.25, 0.3) is 0 Å². The third-order valence-corrected chi connectivity index (χ3v) is 5.17. The van der Waals surface area contributed by atoms with E-state index in [2.05, 4.69) is 27.7 Å². The van der Waals surface area contributed by atoms with E-state index in [1.807, 2.05) is 0 Å². The highest BCUT2D eigenvalue weighted by atomic mass is 16.4. The number of rotatable bonds is 10. The summed E-state index contributed by atoms with van der Waals surface area (Å²) in [6, 6.07) is 4.25. The first-order valence-corrected chi connectivity index (χ1v) is 8.78. The van der Waals surface area contributed by atoms with Gasteiger partial charge in [-0.2, -0.15) is 0 Å². The fourth-order valence-electron chi connectivity index (χ4n) is 3.01. The van der Waals surface area contributed by atoms with Crippen molar-refractivity contribution < 1.29 is 19.8 Å². The first-order valence-electron chi connectivity index (χ1n) is 8.78. The van der Waals surface area contributed by atoms with Crippen molar-refractivity contribution in [3.8, 4) is 0 Å². The van der Waals surface area contributed by atoms with Gasteiger partial charge in [-0.15, -0.1) is 0 Å². The monoisotopic (exact) mass is 334 g/mol. The second-order valence-corrected chi connectivity index (χ2v) is 7.37. The van der Waals surface area contributed by atoms with Crippen LogP contribution in [-0.4, -0.2) is 22.2 Å². The summed E-state index contributed by atoms with van der Waals surface area (Å²) in [5.74, 6) is -1.49. The fourth-order valence-corrected chi connectivity index (χ4v) is 3.01. The molecule has 4 nitrogen and oxygen atoms in total. The fraction of sp³-hybridized carbons (Fsp3) is 0.600. The Morgan fingerprint density at radius 2 is 1.79 bits per heavy atom. The molecule has 1 aromatic carbocycles. The molecule has 1 aromatic rings. The van der Waals surface area contributed by atoms with Crippen LogP contribution in [0.4, 0.5) is 0 Å². The molecule has 24 heavy (non-hydrogen) atoms. The van der Waals surface area contributed by atoms with Crippen LogP contribution in [0, 0.1) is 11.3 Å². The van der Waals surface area contributed by atoms with Gasteiger partial charge in [0.15, 0.2) is 0 Å². The Morgan fingerprint density at radius 1 is 1.12 bits per heavy atom. The van der Waals surface area contributed by atoms with Crippen LogP contribution in [0.25, 0.3) is 0 Å². The van der Waals surface area contributed by atoms with Crippen molar-refractivity contribution in [2.45, 2.75) is 66.2 Å². The lowest BCUT2D eigenvalue weighted by atomic mass is 9.74. The van der Waals surface area contributed by atoms with Crippen LogP contribution in [-0.2, 0) is 6.42 Å². The Morgan fingerprint density at radius 3 is 2.33 bits per heavy atom. The molecule has 0 aromatic heterocycles. The Balaban J connectivity index is 2.74. The van der Waals surface area contributed by atoms with Crippen LogP contribution in [0.2, 0.25) is 0 Å². The minimum absolute atomic E-state index is 0.145. The van der Waals surface area contributed by atoms with Gasteiger partial charge in [-0.05, 0) is 60.8 Å². The average Bonchev–Trinajstić information content (AvgIpc) is 2.52. The summed E-state index contributed by atoms with van der Waals surface area (Å²) in [5, 5.41) is 18.4. The van der Waals surface area contributed by atoms with Crippen molar-refractivity contribution in [3.05, 3.63) is 34.9 Å². The molecule has 0 aliphatic heterocycles. The van der Waals surface area contributed by atoms with Crippen LogP contribution < -0.4 is 0 Å². The van der Waals surface area contributed by atoms with Crippen molar-refractivity contribution in [2.24, 2.45) is 11.3 Å². The second kappa shape index (κ2) is 8.86. The molecule has 0 fully saturated rings. The highest BCUT2D eigenvalue weighted by molar-refractivity contribution is 5.93. The predicted octanol–water partition coefficient (Wildman–Crippen LogP) is 5.26. The average molecular weight is 334 g/mol. The molecule has 1 rings (SSSR count). The van der Waals surface area contributed by atoms with E-state index in [1.165, 1.54) is 37.5 Å². The van der Waals surface area contributed by atoms with E-state index in [0.717, 1.165) is 12.8 Å². The molecule has 0 amide bonds. The number of benzene rings is 1. The molecular formula is C20H30O4. The van der Waals surface area contributed by atoms with E-state index in [9.17, 15) is 14.7 Å². The molecule has 1 unspecified atom stereocenters. The summed E-state index contributed by atoms with van der Waals surface area (Å²) in [6.07, 6.45) is 6.07. The van der Waals surface area contributed by atoms with Crippen LogP contribution in [0.1, 0.15) is 86.1 Å². The highest BCUT2D eigenvalue weighted by Crippen LogP contribution is 2.35. The number of hydrogen-bond acceptors (Lipinski definition) is 2. The van der Waals surface area contributed by atoms with Gasteiger partial charge in [0.1, 0.15) is 0 Å². The smallest absolute Gasteiger partial charge is 0.335 e. The summed E-state index contributed by atoms with van der Waals surface area (Å²) in [5.41, 5.74) is 1.24. The zero-order valence-electron chi connectivity index (χ0n) is 15.3. The van der Waals surface area contributed by atoms with Crippen LogP contribution in [0.5, 0.6) is 0 Å². The van der Waals surface area contributed by atoms with Gasteiger partial charge in [0, 0.05) is 0 Å². The van der Waals surface area contributed by atoms with E-state index in [1.54, 1.807) is 0 Å². The van der Waals surface area contributed by atoms with E-state index >= 15 is 0 Å². The maximum atomic E-state index is 11.3. The number of aryl methyl sites for hydroxylation is 1. The van der Waals surface area contributed by atoms with E-state index < -0.39 is 11.9 Å². The van der Waals surface area contributed by atoms with Gasteiger partial charge in [-0.25, -0.2) is 9.59 Å². The standard InChI is InChI=1S/C20H30O4/c1-5-6-12-20(3,4)14(2)8-7-9-15-13-16(18(21)22)10-11-17(15)19(23)24/h10-11,13-14H,5-9,12H2,1-4H3,(H,21,22)(H,23,24). The summed E-state index contributed by atoms with van der Waals surface area (Å²) >= 11 is 0. The minimum atomic E-state index is -1.03. The first-order chi connectivity index (χ1) is 11.2. The Labute approximate surface area is 144 Å². The summed E-state index contributed by atoms with van der Waals surface area (Å²) in [4.78, 5) is 22.4. The van der Waals surface area contributed by atoms with E-state index in [0.29, 0.717) is 17.9 Å². The molecule has 0 aliphatic carbocycles. The summed E-state index contributed by atoms with van der Waals surface area (Å²) in [7, 11) is 0. The summed E-state index contributed by atoms with van der Waals surface area (Å²) < 4.78 is 0. The molecule has 0 heterocycles.